The van der Waals surface area contributed by atoms with Gasteiger partial charge in [0, 0.05) is 10.0 Å². The van der Waals surface area contributed by atoms with Gasteiger partial charge in [-0.25, -0.2) is 0 Å². The molecular weight excluding hydrogens is 356 g/mol. The number of rotatable bonds is 4. The van der Waals surface area contributed by atoms with Gasteiger partial charge in [-0.15, -0.1) is 10.2 Å². The SMILES string of the molecule is O=C(O)CSc1nnc(-c2ccc3cc(Br)ccc3c2)o1. The van der Waals surface area contributed by atoms with Gasteiger partial charge in [-0.05, 0) is 35.0 Å². The first-order valence-corrected chi connectivity index (χ1v) is 7.77. The summed E-state index contributed by atoms with van der Waals surface area (Å²) in [6.07, 6.45) is 0. The molecule has 0 aliphatic carbocycles. The van der Waals surface area contributed by atoms with Crippen molar-refractivity contribution >= 4 is 44.4 Å². The molecule has 0 aliphatic rings. The number of fused-ring (bicyclic) bond motifs is 1. The molecule has 0 unspecified atom stereocenters. The number of halogens is 1. The standard InChI is InChI=1S/C14H9BrN2O3S/c15-11-4-3-8-5-10(2-1-9(8)6-11)13-16-17-14(20-13)21-7-12(18)19/h1-6H,7H2,(H,18,19). The van der Waals surface area contributed by atoms with Crippen molar-refractivity contribution in [3.63, 3.8) is 0 Å². The molecule has 0 saturated heterocycles. The van der Waals surface area contributed by atoms with Crippen molar-refractivity contribution in [3.05, 3.63) is 40.9 Å². The largest absolute Gasteiger partial charge is 0.481 e. The molecule has 1 N–H and O–H groups in total. The summed E-state index contributed by atoms with van der Waals surface area (Å²) in [6, 6.07) is 11.8. The van der Waals surface area contributed by atoms with E-state index in [4.69, 9.17) is 9.52 Å². The van der Waals surface area contributed by atoms with Crippen LogP contribution in [0.2, 0.25) is 0 Å². The number of benzene rings is 2. The second-order valence-electron chi connectivity index (χ2n) is 4.26. The summed E-state index contributed by atoms with van der Waals surface area (Å²) in [7, 11) is 0. The molecule has 0 aliphatic heterocycles. The first-order chi connectivity index (χ1) is 10.1. The Labute approximate surface area is 132 Å². The van der Waals surface area contributed by atoms with Gasteiger partial charge >= 0.3 is 5.97 Å². The highest BCUT2D eigenvalue weighted by molar-refractivity contribution is 9.10. The Bertz CT molecular complexity index is 819. The molecule has 0 atom stereocenters. The lowest BCUT2D eigenvalue weighted by Gasteiger charge is -2.00. The first kappa shape index (κ1) is 14.1. The molecule has 21 heavy (non-hydrogen) atoms. The van der Waals surface area contributed by atoms with E-state index >= 15 is 0 Å². The van der Waals surface area contributed by atoms with Gasteiger partial charge in [0.2, 0.25) is 5.89 Å². The highest BCUT2D eigenvalue weighted by Gasteiger charge is 2.11. The molecule has 106 valence electrons. The number of carbonyl (C=O) groups is 1. The van der Waals surface area contributed by atoms with E-state index in [9.17, 15) is 4.79 Å². The van der Waals surface area contributed by atoms with E-state index in [1.807, 2.05) is 36.4 Å². The van der Waals surface area contributed by atoms with E-state index in [0.29, 0.717) is 5.89 Å². The third kappa shape index (κ3) is 3.25. The topological polar surface area (TPSA) is 76.2 Å². The van der Waals surface area contributed by atoms with Gasteiger partial charge < -0.3 is 9.52 Å². The van der Waals surface area contributed by atoms with Gasteiger partial charge in [0.15, 0.2) is 0 Å². The van der Waals surface area contributed by atoms with E-state index in [1.165, 1.54) is 0 Å². The maximum absolute atomic E-state index is 10.5. The molecule has 0 spiro atoms. The van der Waals surface area contributed by atoms with Crippen LogP contribution in [0.4, 0.5) is 0 Å². The van der Waals surface area contributed by atoms with Crippen molar-refractivity contribution in [2.75, 3.05) is 5.75 Å². The lowest BCUT2D eigenvalue weighted by Crippen LogP contribution is -1.97. The molecule has 2 aromatic carbocycles. The Balaban J connectivity index is 1.89. The van der Waals surface area contributed by atoms with Gasteiger partial charge in [0.1, 0.15) is 5.75 Å². The Hall–Kier alpha value is -1.86. The summed E-state index contributed by atoms with van der Waals surface area (Å²) < 4.78 is 6.48. The minimum Gasteiger partial charge on any atom is -0.481 e. The summed E-state index contributed by atoms with van der Waals surface area (Å²) in [4.78, 5) is 10.5. The van der Waals surface area contributed by atoms with Crippen molar-refractivity contribution in [2.24, 2.45) is 0 Å². The second-order valence-corrected chi connectivity index (χ2v) is 6.10. The summed E-state index contributed by atoms with van der Waals surface area (Å²) >= 11 is 4.44. The Morgan fingerprint density at radius 3 is 2.76 bits per heavy atom. The minimum atomic E-state index is -0.920. The average Bonchev–Trinajstić information content (AvgIpc) is 2.93. The molecule has 7 heteroatoms. The number of aromatic nitrogens is 2. The molecule has 3 aromatic rings. The van der Waals surface area contributed by atoms with Crippen molar-refractivity contribution in [1.82, 2.24) is 10.2 Å². The first-order valence-electron chi connectivity index (χ1n) is 5.99. The number of nitrogens with zero attached hydrogens (tertiary/aromatic N) is 2. The fourth-order valence-electron chi connectivity index (χ4n) is 1.86. The normalized spacial score (nSPS) is 10.9. The zero-order valence-electron chi connectivity index (χ0n) is 10.6. The van der Waals surface area contributed by atoms with Gasteiger partial charge in [-0.3, -0.25) is 4.79 Å². The molecule has 0 saturated carbocycles. The predicted molar refractivity (Wildman–Crippen MR) is 83.3 cm³/mol. The number of aliphatic carboxylic acids is 1. The van der Waals surface area contributed by atoms with Gasteiger partial charge in [0.05, 0.1) is 0 Å². The van der Waals surface area contributed by atoms with Gasteiger partial charge in [-0.2, -0.15) is 0 Å². The van der Waals surface area contributed by atoms with Crippen molar-refractivity contribution in [3.8, 4) is 11.5 Å². The van der Waals surface area contributed by atoms with Gasteiger partial charge in [0.25, 0.3) is 5.22 Å². The van der Waals surface area contributed by atoms with E-state index in [-0.39, 0.29) is 11.0 Å². The number of carboxylic acid groups (broad SMARTS) is 1. The van der Waals surface area contributed by atoms with Crippen LogP contribution in [0, 0.1) is 0 Å². The van der Waals surface area contributed by atoms with Crippen LogP contribution in [0.15, 0.2) is 50.5 Å². The zero-order valence-corrected chi connectivity index (χ0v) is 13.0. The number of carboxylic acids is 1. The average molecular weight is 365 g/mol. The number of hydrogen-bond acceptors (Lipinski definition) is 5. The maximum Gasteiger partial charge on any atom is 0.314 e. The smallest absolute Gasteiger partial charge is 0.314 e. The van der Waals surface area contributed by atoms with Crippen molar-refractivity contribution < 1.29 is 14.3 Å². The minimum absolute atomic E-state index is 0.104. The molecule has 0 bridgehead atoms. The monoisotopic (exact) mass is 364 g/mol. The maximum atomic E-state index is 10.5. The lowest BCUT2D eigenvalue weighted by molar-refractivity contribution is -0.133. The van der Waals surface area contributed by atoms with Crippen LogP contribution in [0.3, 0.4) is 0 Å². The summed E-state index contributed by atoms with van der Waals surface area (Å²) in [5, 5.41) is 18.8. The summed E-state index contributed by atoms with van der Waals surface area (Å²) in [6.45, 7) is 0. The van der Waals surface area contributed by atoms with Crippen molar-refractivity contribution in [2.45, 2.75) is 5.22 Å². The third-order valence-corrected chi connectivity index (χ3v) is 4.07. The summed E-state index contributed by atoms with van der Waals surface area (Å²) in [5.41, 5.74) is 0.805. The van der Waals surface area contributed by atoms with Crippen LogP contribution in [0.25, 0.3) is 22.2 Å². The number of thioether (sulfide) groups is 1. The van der Waals surface area contributed by atoms with Crippen LogP contribution in [0.1, 0.15) is 0 Å². The zero-order chi connectivity index (χ0) is 14.8. The molecule has 1 heterocycles. The quantitative estimate of drug-likeness (QED) is 0.709. The van der Waals surface area contributed by atoms with E-state index in [2.05, 4.69) is 26.1 Å². The van der Waals surface area contributed by atoms with Crippen LogP contribution in [-0.4, -0.2) is 27.0 Å². The fraction of sp³-hybridized carbons (Fsp3) is 0.0714. The lowest BCUT2D eigenvalue weighted by atomic mass is 10.1. The second kappa shape index (κ2) is 5.87. The molecule has 0 fully saturated rings. The van der Waals surface area contributed by atoms with E-state index in [1.54, 1.807) is 0 Å². The Morgan fingerprint density at radius 2 is 1.95 bits per heavy atom. The molecule has 0 radical (unpaired) electrons. The molecule has 3 rings (SSSR count). The Kier molecular flexibility index (Phi) is 3.94. The molecule has 5 nitrogen and oxygen atoms in total. The van der Waals surface area contributed by atoms with Crippen LogP contribution in [0.5, 0.6) is 0 Å². The molecular formula is C14H9BrN2O3S. The summed E-state index contributed by atoms with van der Waals surface area (Å²) in [5.74, 6) is -0.642. The molecule has 0 amide bonds. The van der Waals surface area contributed by atoms with Crippen LogP contribution in [-0.2, 0) is 4.79 Å². The fourth-order valence-corrected chi connectivity index (χ4v) is 2.72. The van der Waals surface area contributed by atoms with Gasteiger partial charge in [-0.1, -0.05) is 39.8 Å². The van der Waals surface area contributed by atoms with Crippen molar-refractivity contribution in [1.29, 1.82) is 0 Å². The van der Waals surface area contributed by atoms with Crippen LogP contribution >= 0.6 is 27.7 Å². The molecule has 1 aromatic heterocycles. The predicted octanol–water partition coefficient (Wildman–Crippen LogP) is 3.83. The highest BCUT2D eigenvalue weighted by Crippen LogP contribution is 2.27. The Morgan fingerprint density at radius 1 is 1.19 bits per heavy atom. The van der Waals surface area contributed by atoms with E-state index in [0.717, 1.165) is 32.6 Å². The highest BCUT2D eigenvalue weighted by atomic mass is 79.9. The number of hydrogen-bond donors (Lipinski definition) is 1. The third-order valence-electron chi connectivity index (χ3n) is 2.77. The van der Waals surface area contributed by atoms with Crippen LogP contribution < -0.4 is 0 Å². The van der Waals surface area contributed by atoms with E-state index < -0.39 is 5.97 Å².